The van der Waals surface area contributed by atoms with E-state index in [0.717, 1.165) is 17.5 Å². The number of carboxylic acids is 1. The summed E-state index contributed by atoms with van der Waals surface area (Å²) in [4.78, 5) is 11.5. The van der Waals surface area contributed by atoms with E-state index in [4.69, 9.17) is 4.74 Å². The smallest absolute Gasteiger partial charge is 0.337 e. The predicted octanol–water partition coefficient (Wildman–Crippen LogP) is 4.02. The van der Waals surface area contributed by atoms with E-state index in [-0.39, 0.29) is 12.1 Å². The Labute approximate surface area is 129 Å². The summed E-state index contributed by atoms with van der Waals surface area (Å²) in [5.74, 6) is -0.923. The zero-order valence-electron chi connectivity index (χ0n) is 12.5. The summed E-state index contributed by atoms with van der Waals surface area (Å²) in [6, 6.07) is 15.5. The van der Waals surface area contributed by atoms with E-state index in [1.54, 1.807) is 12.1 Å². The van der Waals surface area contributed by atoms with Crippen molar-refractivity contribution in [3.63, 3.8) is 0 Å². The minimum atomic E-state index is -0.923. The standard InChI is InChI=1S/C18H19NO3/c1-2-22-16-11-15(12-7-4-3-5-8-12)19-17-13(16)9-6-10-14(17)18(20)21/h3-10,15-16,19H,2,11H2,1H3,(H,20,21)/t15-,16+/m0/s1. The maximum absolute atomic E-state index is 11.5. The normalized spacial score (nSPS) is 20.0. The highest BCUT2D eigenvalue weighted by atomic mass is 16.5. The summed E-state index contributed by atoms with van der Waals surface area (Å²) in [6.07, 6.45) is 0.694. The number of carboxylic acid groups (broad SMARTS) is 1. The molecule has 0 radical (unpaired) electrons. The molecule has 2 aromatic rings. The van der Waals surface area contributed by atoms with Crippen molar-refractivity contribution in [3.8, 4) is 0 Å². The molecule has 0 fully saturated rings. The van der Waals surface area contributed by atoms with Crippen molar-refractivity contribution < 1.29 is 14.6 Å². The number of rotatable bonds is 4. The Morgan fingerprint density at radius 1 is 1.23 bits per heavy atom. The molecule has 0 aliphatic carbocycles. The van der Waals surface area contributed by atoms with Gasteiger partial charge in [-0.05, 0) is 18.6 Å². The summed E-state index contributed by atoms with van der Waals surface area (Å²) in [7, 11) is 0. The number of aromatic carboxylic acids is 1. The number of para-hydroxylation sites is 1. The van der Waals surface area contributed by atoms with Gasteiger partial charge in [0.2, 0.25) is 0 Å². The number of hydrogen-bond donors (Lipinski definition) is 2. The minimum absolute atomic E-state index is 0.0470. The molecule has 0 saturated carbocycles. The second kappa shape index (κ2) is 6.20. The SMILES string of the molecule is CCO[C@@H]1C[C@@H](c2ccccc2)Nc2c(C(=O)O)cccc21. The number of hydrogen-bond acceptors (Lipinski definition) is 3. The van der Waals surface area contributed by atoms with Crippen molar-refractivity contribution in [2.45, 2.75) is 25.5 Å². The van der Waals surface area contributed by atoms with Crippen LogP contribution in [0.25, 0.3) is 0 Å². The van der Waals surface area contributed by atoms with Gasteiger partial charge >= 0.3 is 5.97 Å². The van der Waals surface area contributed by atoms with E-state index in [2.05, 4.69) is 17.4 Å². The van der Waals surface area contributed by atoms with Crippen LogP contribution in [-0.2, 0) is 4.74 Å². The minimum Gasteiger partial charge on any atom is -0.478 e. The molecule has 22 heavy (non-hydrogen) atoms. The lowest BCUT2D eigenvalue weighted by atomic mass is 9.89. The number of anilines is 1. The van der Waals surface area contributed by atoms with E-state index in [1.165, 1.54) is 0 Å². The van der Waals surface area contributed by atoms with Gasteiger partial charge in [0.1, 0.15) is 0 Å². The maximum Gasteiger partial charge on any atom is 0.337 e. The van der Waals surface area contributed by atoms with Gasteiger partial charge < -0.3 is 15.2 Å². The molecule has 0 aromatic heterocycles. The third-order valence-corrected chi connectivity index (χ3v) is 4.01. The Morgan fingerprint density at radius 3 is 2.68 bits per heavy atom. The van der Waals surface area contributed by atoms with Crippen molar-refractivity contribution in [1.82, 2.24) is 0 Å². The molecular formula is C18H19NO3. The average Bonchev–Trinajstić information content (AvgIpc) is 2.55. The van der Waals surface area contributed by atoms with Crippen LogP contribution in [0.5, 0.6) is 0 Å². The first-order valence-electron chi connectivity index (χ1n) is 7.50. The van der Waals surface area contributed by atoms with Crippen molar-refractivity contribution >= 4 is 11.7 Å². The molecule has 2 atom stereocenters. The topological polar surface area (TPSA) is 58.6 Å². The van der Waals surface area contributed by atoms with Crippen LogP contribution in [-0.4, -0.2) is 17.7 Å². The number of fused-ring (bicyclic) bond motifs is 1. The van der Waals surface area contributed by atoms with Crippen LogP contribution in [0.2, 0.25) is 0 Å². The second-order valence-electron chi connectivity index (χ2n) is 5.36. The molecule has 0 amide bonds. The van der Waals surface area contributed by atoms with Crippen LogP contribution in [0.15, 0.2) is 48.5 Å². The monoisotopic (exact) mass is 297 g/mol. The van der Waals surface area contributed by atoms with Gasteiger partial charge in [-0.3, -0.25) is 0 Å². The van der Waals surface area contributed by atoms with E-state index >= 15 is 0 Å². The lowest BCUT2D eigenvalue weighted by Gasteiger charge is -2.34. The lowest BCUT2D eigenvalue weighted by Crippen LogP contribution is -2.25. The van der Waals surface area contributed by atoms with Crippen LogP contribution in [0.1, 0.15) is 47.0 Å². The first-order chi connectivity index (χ1) is 10.7. The molecule has 0 saturated heterocycles. The first kappa shape index (κ1) is 14.6. The lowest BCUT2D eigenvalue weighted by molar-refractivity contribution is 0.0496. The fourth-order valence-corrected chi connectivity index (χ4v) is 3.02. The Morgan fingerprint density at radius 2 is 2.00 bits per heavy atom. The Hall–Kier alpha value is -2.33. The highest BCUT2D eigenvalue weighted by Crippen LogP contribution is 2.42. The number of carbonyl (C=O) groups is 1. The summed E-state index contributed by atoms with van der Waals surface area (Å²) < 4.78 is 5.86. The van der Waals surface area contributed by atoms with E-state index in [9.17, 15) is 9.90 Å². The first-order valence-corrected chi connectivity index (χ1v) is 7.50. The molecule has 0 spiro atoms. The van der Waals surface area contributed by atoms with Crippen molar-refractivity contribution in [1.29, 1.82) is 0 Å². The summed E-state index contributed by atoms with van der Waals surface area (Å²) in [5.41, 5.74) is 3.03. The average molecular weight is 297 g/mol. The van der Waals surface area contributed by atoms with Gasteiger partial charge in [-0.15, -0.1) is 0 Å². The van der Waals surface area contributed by atoms with Crippen LogP contribution in [0.4, 0.5) is 5.69 Å². The van der Waals surface area contributed by atoms with E-state index < -0.39 is 5.97 Å². The molecule has 1 aliphatic rings. The summed E-state index contributed by atoms with van der Waals surface area (Å²) in [6.45, 7) is 2.56. The quantitative estimate of drug-likeness (QED) is 0.895. The summed E-state index contributed by atoms with van der Waals surface area (Å²) >= 11 is 0. The van der Waals surface area contributed by atoms with Gasteiger partial charge in [-0.1, -0.05) is 42.5 Å². The van der Waals surface area contributed by atoms with Crippen LogP contribution in [0, 0.1) is 0 Å². The number of nitrogens with one attached hydrogen (secondary N) is 1. The third-order valence-electron chi connectivity index (χ3n) is 4.01. The maximum atomic E-state index is 11.5. The molecule has 1 heterocycles. The molecule has 114 valence electrons. The fourth-order valence-electron chi connectivity index (χ4n) is 3.02. The zero-order valence-corrected chi connectivity index (χ0v) is 12.5. The molecule has 4 nitrogen and oxygen atoms in total. The van der Waals surface area contributed by atoms with Gasteiger partial charge in [-0.25, -0.2) is 4.79 Å². The predicted molar refractivity (Wildman–Crippen MR) is 85.2 cm³/mol. The Kier molecular flexibility index (Phi) is 4.11. The third kappa shape index (κ3) is 2.70. The van der Waals surface area contributed by atoms with E-state index in [1.807, 2.05) is 31.2 Å². The molecule has 2 N–H and O–H groups in total. The summed E-state index contributed by atoms with van der Waals surface area (Å²) in [5, 5.41) is 12.8. The van der Waals surface area contributed by atoms with Crippen LogP contribution < -0.4 is 5.32 Å². The molecule has 0 unspecified atom stereocenters. The highest BCUT2D eigenvalue weighted by molar-refractivity contribution is 5.95. The van der Waals surface area contributed by atoms with Gasteiger partial charge in [0.15, 0.2) is 0 Å². The largest absolute Gasteiger partial charge is 0.478 e. The van der Waals surface area contributed by atoms with Gasteiger partial charge in [0.05, 0.1) is 23.4 Å². The number of benzene rings is 2. The Bertz CT molecular complexity index is 669. The molecule has 3 rings (SSSR count). The number of ether oxygens (including phenoxy) is 1. The Balaban J connectivity index is 2.04. The van der Waals surface area contributed by atoms with Crippen molar-refractivity contribution in [2.24, 2.45) is 0 Å². The van der Waals surface area contributed by atoms with Crippen molar-refractivity contribution in [2.75, 3.05) is 11.9 Å². The second-order valence-corrected chi connectivity index (χ2v) is 5.36. The van der Waals surface area contributed by atoms with Crippen LogP contribution >= 0.6 is 0 Å². The van der Waals surface area contributed by atoms with Gasteiger partial charge in [0, 0.05) is 18.6 Å². The molecule has 1 aliphatic heterocycles. The fraction of sp³-hybridized carbons (Fsp3) is 0.278. The van der Waals surface area contributed by atoms with Crippen LogP contribution in [0.3, 0.4) is 0 Å². The highest BCUT2D eigenvalue weighted by Gasteiger charge is 2.30. The van der Waals surface area contributed by atoms with Gasteiger partial charge in [0.25, 0.3) is 0 Å². The zero-order chi connectivity index (χ0) is 15.5. The van der Waals surface area contributed by atoms with Crippen molar-refractivity contribution in [3.05, 3.63) is 65.2 Å². The van der Waals surface area contributed by atoms with Gasteiger partial charge in [-0.2, -0.15) is 0 Å². The molecular weight excluding hydrogens is 278 g/mol. The molecule has 0 bridgehead atoms. The van der Waals surface area contributed by atoms with E-state index in [0.29, 0.717) is 17.9 Å². The molecule has 2 aromatic carbocycles. The molecule has 4 heteroatoms.